The van der Waals surface area contributed by atoms with Crippen molar-refractivity contribution >= 4 is 21.8 Å². The van der Waals surface area contributed by atoms with E-state index in [1.54, 1.807) is 18.2 Å². The van der Waals surface area contributed by atoms with E-state index >= 15 is 0 Å². The predicted octanol–water partition coefficient (Wildman–Crippen LogP) is 3.30. The van der Waals surface area contributed by atoms with Crippen LogP contribution in [0.15, 0.2) is 60.0 Å². The molecule has 0 amide bonds. The average Bonchev–Trinajstić information content (AvgIpc) is 3.24. The first-order valence-corrected chi connectivity index (χ1v) is 9.94. The summed E-state index contributed by atoms with van der Waals surface area (Å²) in [5.74, 6) is 1.76. The van der Waals surface area contributed by atoms with E-state index in [4.69, 9.17) is 0 Å². The maximum absolute atomic E-state index is 12.3. The molecule has 0 radical (unpaired) electrons. The van der Waals surface area contributed by atoms with Gasteiger partial charge < -0.3 is 4.57 Å². The Hall–Kier alpha value is -2.93. The summed E-state index contributed by atoms with van der Waals surface area (Å²) in [5.41, 5.74) is 2.17. The van der Waals surface area contributed by atoms with Crippen molar-refractivity contribution in [1.29, 1.82) is 0 Å². The van der Waals surface area contributed by atoms with Gasteiger partial charge in [0, 0.05) is 24.2 Å². The monoisotopic (exact) mass is 366 g/mol. The fourth-order valence-corrected chi connectivity index (χ4v) is 3.88. The third-order valence-corrected chi connectivity index (χ3v) is 5.24. The van der Waals surface area contributed by atoms with Crippen molar-refractivity contribution in [2.75, 3.05) is 4.72 Å². The van der Waals surface area contributed by atoms with Crippen LogP contribution in [0.2, 0.25) is 0 Å². The molecule has 0 saturated heterocycles. The lowest BCUT2D eigenvalue weighted by atomic mass is 10.2. The van der Waals surface area contributed by atoms with E-state index in [0.717, 1.165) is 42.2 Å². The van der Waals surface area contributed by atoms with Crippen molar-refractivity contribution in [3.63, 3.8) is 0 Å². The fraction of sp³-hybridized carbons (Fsp3) is 0.158. The van der Waals surface area contributed by atoms with Gasteiger partial charge in [0.2, 0.25) is 0 Å². The molecular weight excluding hydrogens is 348 g/mol. The van der Waals surface area contributed by atoms with Gasteiger partial charge in [-0.3, -0.25) is 4.72 Å². The van der Waals surface area contributed by atoms with Gasteiger partial charge in [0.25, 0.3) is 10.0 Å². The van der Waals surface area contributed by atoms with E-state index in [1.807, 2.05) is 42.5 Å². The minimum Gasteiger partial charge on any atom is -0.311 e. The van der Waals surface area contributed by atoms with Crippen molar-refractivity contribution < 1.29 is 8.42 Å². The van der Waals surface area contributed by atoms with Crippen LogP contribution < -0.4 is 4.72 Å². The molecule has 0 spiro atoms. The van der Waals surface area contributed by atoms with Crippen molar-refractivity contribution in [1.82, 2.24) is 14.8 Å². The van der Waals surface area contributed by atoms with Crippen LogP contribution in [-0.4, -0.2) is 23.2 Å². The highest BCUT2D eigenvalue weighted by molar-refractivity contribution is 7.95. The molecule has 2 aromatic carbocycles. The van der Waals surface area contributed by atoms with E-state index in [9.17, 15) is 8.42 Å². The molecule has 0 unspecified atom stereocenters. The Morgan fingerprint density at radius 1 is 1.04 bits per heavy atom. The Morgan fingerprint density at radius 3 is 2.73 bits per heavy atom. The van der Waals surface area contributed by atoms with Gasteiger partial charge in [-0.05, 0) is 30.2 Å². The highest BCUT2D eigenvalue weighted by Gasteiger charge is 2.18. The standard InChI is InChI=1S/C19H18N4O2S/c24-26(25,13-11-15-6-2-1-3-7-15)22-17-9-4-8-16(14-17)19-21-20-18-10-5-12-23(18)19/h1-4,6-9,11,13-14,22H,5,10,12H2/b13-11-. The number of hydrogen-bond acceptors (Lipinski definition) is 4. The fourth-order valence-electron chi connectivity index (χ4n) is 3.02. The number of sulfonamides is 1. The Morgan fingerprint density at radius 2 is 1.88 bits per heavy atom. The van der Waals surface area contributed by atoms with Crippen LogP contribution >= 0.6 is 0 Å². The van der Waals surface area contributed by atoms with Gasteiger partial charge >= 0.3 is 0 Å². The number of hydrogen-bond donors (Lipinski definition) is 1. The lowest BCUT2D eigenvalue weighted by Gasteiger charge is -2.07. The molecule has 26 heavy (non-hydrogen) atoms. The third-order valence-electron chi connectivity index (χ3n) is 4.23. The molecule has 0 atom stereocenters. The molecule has 0 aliphatic carbocycles. The van der Waals surface area contributed by atoms with Crippen molar-refractivity contribution in [3.8, 4) is 11.4 Å². The van der Waals surface area contributed by atoms with Gasteiger partial charge in [0.1, 0.15) is 5.82 Å². The van der Waals surface area contributed by atoms with Gasteiger partial charge in [-0.2, -0.15) is 0 Å². The maximum atomic E-state index is 12.3. The molecule has 1 aliphatic rings. The molecule has 0 bridgehead atoms. The molecule has 2 heterocycles. The van der Waals surface area contributed by atoms with E-state index in [0.29, 0.717) is 5.69 Å². The second-order valence-electron chi connectivity index (χ2n) is 6.14. The lowest BCUT2D eigenvalue weighted by molar-refractivity contribution is 0.609. The zero-order chi connectivity index (χ0) is 18.0. The number of anilines is 1. The number of benzene rings is 2. The number of aromatic nitrogens is 3. The Labute approximate surface area is 152 Å². The summed E-state index contributed by atoms with van der Waals surface area (Å²) in [4.78, 5) is 0. The molecule has 0 saturated carbocycles. The summed E-state index contributed by atoms with van der Waals surface area (Å²) in [6.07, 6.45) is 3.57. The zero-order valence-corrected chi connectivity index (χ0v) is 14.9. The molecule has 1 N–H and O–H groups in total. The number of nitrogens with zero attached hydrogens (tertiary/aromatic N) is 3. The minimum atomic E-state index is -3.60. The zero-order valence-electron chi connectivity index (χ0n) is 14.0. The highest BCUT2D eigenvalue weighted by atomic mass is 32.2. The summed E-state index contributed by atoms with van der Waals surface area (Å²) >= 11 is 0. The molecular formula is C19H18N4O2S. The first-order chi connectivity index (χ1) is 12.6. The summed E-state index contributed by atoms with van der Waals surface area (Å²) in [7, 11) is -3.60. The van der Waals surface area contributed by atoms with Crippen LogP contribution in [0.5, 0.6) is 0 Å². The largest absolute Gasteiger partial charge is 0.311 e. The average molecular weight is 366 g/mol. The smallest absolute Gasteiger partial charge is 0.255 e. The molecule has 6 nitrogen and oxygen atoms in total. The summed E-state index contributed by atoms with van der Waals surface area (Å²) < 4.78 is 29.3. The van der Waals surface area contributed by atoms with Gasteiger partial charge in [0.15, 0.2) is 5.82 Å². The van der Waals surface area contributed by atoms with Gasteiger partial charge in [-0.25, -0.2) is 8.42 Å². The quantitative estimate of drug-likeness (QED) is 0.752. The molecule has 1 aliphatic heterocycles. The summed E-state index contributed by atoms with van der Waals surface area (Å²) in [6, 6.07) is 16.5. The molecule has 7 heteroatoms. The van der Waals surface area contributed by atoms with E-state index < -0.39 is 10.0 Å². The van der Waals surface area contributed by atoms with Gasteiger partial charge in [0.05, 0.1) is 5.41 Å². The number of nitrogens with one attached hydrogen (secondary N) is 1. The highest BCUT2D eigenvalue weighted by Crippen LogP contribution is 2.25. The molecule has 0 fully saturated rings. The van der Waals surface area contributed by atoms with Crippen LogP contribution in [0.4, 0.5) is 5.69 Å². The first kappa shape index (κ1) is 16.5. The number of rotatable bonds is 5. The lowest BCUT2D eigenvalue weighted by Crippen LogP contribution is -2.09. The molecule has 1 aromatic heterocycles. The van der Waals surface area contributed by atoms with Crippen molar-refractivity contribution in [3.05, 3.63) is 71.4 Å². The second-order valence-corrected chi connectivity index (χ2v) is 7.70. The molecule has 132 valence electrons. The van der Waals surface area contributed by atoms with Gasteiger partial charge in [-0.15, -0.1) is 10.2 Å². The predicted molar refractivity (Wildman–Crippen MR) is 102 cm³/mol. The summed E-state index contributed by atoms with van der Waals surface area (Å²) in [5, 5.41) is 9.62. The van der Waals surface area contributed by atoms with Crippen LogP contribution in [0.25, 0.3) is 17.5 Å². The Bertz CT molecular complexity index is 1060. The van der Waals surface area contributed by atoms with E-state index in [1.165, 1.54) is 5.41 Å². The summed E-state index contributed by atoms with van der Waals surface area (Å²) in [6.45, 7) is 0.896. The Kier molecular flexibility index (Phi) is 4.30. The topological polar surface area (TPSA) is 76.9 Å². The van der Waals surface area contributed by atoms with Crippen LogP contribution in [0.3, 0.4) is 0 Å². The van der Waals surface area contributed by atoms with Crippen molar-refractivity contribution in [2.45, 2.75) is 19.4 Å². The molecule has 3 aromatic rings. The number of fused-ring (bicyclic) bond motifs is 1. The second kappa shape index (κ2) is 6.76. The Balaban J connectivity index is 1.56. The molecule has 4 rings (SSSR count). The van der Waals surface area contributed by atoms with Crippen LogP contribution in [0, 0.1) is 0 Å². The number of aryl methyl sites for hydroxylation is 1. The normalized spacial score (nSPS) is 13.8. The van der Waals surface area contributed by atoms with Crippen LogP contribution in [-0.2, 0) is 23.0 Å². The van der Waals surface area contributed by atoms with Crippen molar-refractivity contribution in [2.24, 2.45) is 0 Å². The van der Waals surface area contributed by atoms with E-state index in [2.05, 4.69) is 19.5 Å². The minimum absolute atomic E-state index is 0.496. The van der Waals surface area contributed by atoms with Crippen LogP contribution in [0.1, 0.15) is 17.8 Å². The van der Waals surface area contributed by atoms with E-state index in [-0.39, 0.29) is 0 Å². The first-order valence-electron chi connectivity index (χ1n) is 8.39. The van der Waals surface area contributed by atoms with Gasteiger partial charge in [-0.1, -0.05) is 42.5 Å². The maximum Gasteiger partial charge on any atom is 0.255 e. The SMILES string of the molecule is O=S(=O)(/C=C\c1ccccc1)Nc1cccc(-c2nnc3n2CCC3)c1. The third kappa shape index (κ3) is 3.52.